The van der Waals surface area contributed by atoms with Crippen molar-refractivity contribution in [3.8, 4) is 0 Å². The van der Waals surface area contributed by atoms with E-state index < -0.39 is 0 Å². The van der Waals surface area contributed by atoms with Crippen LogP contribution in [0.3, 0.4) is 0 Å². The molecule has 2 saturated heterocycles. The van der Waals surface area contributed by atoms with Crippen molar-refractivity contribution in [3.05, 3.63) is 0 Å². The van der Waals surface area contributed by atoms with E-state index in [1.54, 1.807) is 9.80 Å². The van der Waals surface area contributed by atoms with Gasteiger partial charge in [0, 0.05) is 19.6 Å². The van der Waals surface area contributed by atoms with E-state index in [-0.39, 0.29) is 24.4 Å². The standard InChI is InChI=1S/C10H17N3O2/c11-4-6-12-7-9(14)13-5-2-1-3-8(13)10(12)15/h8H,1-7,11H2. The monoisotopic (exact) mass is 211 g/mol. The lowest BCUT2D eigenvalue weighted by molar-refractivity contribution is -0.157. The number of carbonyl (C=O) groups is 2. The van der Waals surface area contributed by atoms with Gasteiger partial charge in [0.05, 0.1) is 6.54 Å². The average Bonchev–Trinajstić information content (AvgIpc) is 2.26. The van der Waals surface area contributed by atoms with E-state index in [4.69, 9.17) is 5.73 Å². The Labute approximate surface area is 89.2 Å². The van der Waals surface area contributed by atoms with Crippen molar-refractivity contribution in [2.45, 2.75) is 25.3 Å². The summed E-state index contributed by atoms with van der Waals surface area (Å²) in [5.74, 6) is 0.160. The zero-order valence-electron chi connectivity index (χ0n) is 8.82. The second kappa shape index (κ2) is 4.18. The fourth-order valence-electron chi connectivity index (χ4n) is 2.37. The van der Waals surface area contributed by atoms with Gasteiger partial charge in [-0.1, -0.05) is 0 Å². The van der Waals surface area contributed by atoms with Crippen LogP contribution in [0.2, 0.25) is 0 Å². The maximum absolute atomic E-state index is 12.0. The summed E-state index contributed by atoms with van der Waals surface area (Å²) in [4.78, 5) is 27.0. The quantitative estimate of drug-likeness (QED) is 0.648. The first-order chi connectivity index (χ1) is 7.24. The van der Waals surface area contributed by atoms with Crippen LogP contribution in [0.1, 0.15) is 19.3 Å². The molecule has 5 heteroatoms. The Morgan fingerprint density at radius 1 is 1.33 bits per heavy atom. The van der Waals surface area contributed by atoms with Crippen LogP contribution in [-0.4, -0.2) is 53.8 Å². The van der Waals surface area contributed by atoms with Crippen LogP contribution >= 0.6 is 0 Å². The van der Waals surface area contributed by atoms with Gasteiger partial charge in [-0.05, 0) is 19.3 Å². The highest BCUT2D eigenvalue weighted by atomic mass is 16.2. The highest BCUT2D eigenvalue weighted by molar-refractivity contribution is 5.95. The molecule has 0 aromatic rings. The van der Waals surface area contributed by atoms with Gasteiger partial charge in [0.1, 0.15) is 6.04 Å². The molecule has 2 aliphatic heterocycles. The van der Waals surface area contributed by atoms with Crippen molar-refractivity contribution in [1.29, 1.82) is 0 Å². The molecule has 2 heterocycles. The summed E-state index contributed by atoms with van der Waals surface area (Å²) in [6.07, 6.45) is 2.87. The topological polar surface area (TPSA) is 66.6 Å². The molecule has 2 rings (SSSR count). The third-order valence-corrected chi connectivity index (χ3v) is 3.15. The minimum Gasteiger partial charge on any atom is -0.330 e. The van der Waals surface area contributed by atoms with Crippen LogP contribution in [0.5, 0.6) is 0 Å². The van der Waals surface area contributed by atoms with E-state index >= 15 is 0 Å². The van der Waals surface area contributed by atoms with Gasteiger partial charge in [-0.25, -0.2) is 0 Å². The Balaban J connectivity index is 2.11. The number of nitrogens with zero attached hydrogens (tertiary/aromatic N) is 2. The predicted molar refractivity (Wildman–Crippen MR) is 55.0 cm³/mol. The van der Waals surface area contributed by atoms with Crippen molar-refractivity contribution in [1.82, 2.24) is 9.80 Å². The fraction of sp³-hybridized carbons (Fsp3) is 0.800. The normalized spacial score (nSPS) is 26.9. The molecule has 1 unspecified atom stereocenters. The molecular formula is C10H17N3O2. The van der Waals surface area contributed by atoms with Gasteiger partial charge in [0.15, 0.2) is 0 Å². The summed E-state index contributed by atoms with van der Waals surface area (Å²) in [5, 5.41) is 0. The molecule has 0 saturated carbocycles. The van der Waals surface area contributed by atoms with Gasteiger partial charge in [0.2, 0.25) is 11.8 Å². The van der Waals surface area contributed by atoms with Gasteiger partial charge in [-0.3, -0.25) is 9.59 Å². The number of nitrogens with two attached hydrogens (primary N) is 1. The Bertz CT molecular complexity index is 280. The third-order valence-electron chi connectivity index (χ3n) is 3.15. The van der Waals surface area contributed by atoms with Gasteiger partial charge < -0.3 is 15.5 Å². The highest BCUT2D eigenvalue weighted by Gasteiger charge is 2.39. The van der Waals surface area contributed by atoms with Crippen LogP contribution in [-0.2, 0) is 9.59 Å². The number of piperidine rings is 1. The lowest BCUT2D eigenvalue weighted by atomic mass is 9.98. The van der Waals surface area contributed by atoms with Crippen LogP contribution in [0, 0.1) is 0 Å². The molecule has 2 amide bonds. The third kappa shape index (κ3) is 1.84. The molecule has 5 nitrogen and oxygen atoms in total. The molecule has 15 heavy (non-hydrogen) atoms. The first-order valence-corrected chi connectivity index (χ1v) is 5.52. The lowest BCUT2D eigenvalue weighted by Crippen LogP contribution is -2.61. The number of fused-ring (bicyclic) bond motifs is 1. The number of hydrogen-bond donors (Lipinski definition) is 1. The molecule has 0 aromatic carbocycles. The summed E-state index contributed by atoms with van der Waals surface area (Å²) in [6, 6.07) is -0.202. The summed E-state index contributed by atoms with van der Waals surface area (Å²) >= 11 is 0. The van der Waals surface area contributed by atoms with Gasteiger partial charge in [-0.15, -0.1) is 0 Å². The molecule has 0 spiro atoms. The SMILES string of the molecule is NCCN1CC(=O)N2CCCCC2C1=O. The van der Waals surface area contributed by atoms with Crippen molar-refractivity contribution >= 4 is 11.8 Å². The molecule has 2 fully saturated rings. The zero-order valence-corrected chi connectivity index (χ0v) is 8.82. The van der Waals surface area contributed by atoms with Crippen LogP contribution in [0.4, 0.5) is 0 Å². The largest absolute Gasteiger partial charge is 0.330 e. The predicted octanol–water partition coefficient (Wildman–Crippen LogP) is -0.832. The maximum atomic E-state index is 12.0. The second-order valence-corrected chi connectivity index (χ2v) is 4.15. The van der Waals surface area contributed by atoms with Crippen LogP contribution in [0.25, 0.3) is 0 Å². The van der Waals surface area contributed by atoms with E-state index in [9.17, 15) is 9.59 Å². The molecule has 0 aromatic heterocycles. The Hall–Kier alpha value is -1.10. The van der Waals surface area contributed by atoms with Gasteiger partial charge in [0.25, 0.3) is 0 Å². The minimum atomic E-state index is -0.202. The summed E-state index contributed by atoms with van der Waals surface area (Å²) in [5.41, 5.74) is 5.42. The Kier molecular flexibility index (Phi) is 2.90. The Morgan fingerprint density at radius 2 is 2.13 bits per heavy atom. The van der Waals surface area contributed by atoms with Crippen LogP contribution in [0.15, 0.2) is 0 Å². The van der Waals surface area contributed by atoms with E-state index in [1.807, 2.05) is 0 Å². The molecule has 2 aliphatic rings. The number of rotatable bonds is 2. The molecule has 0 bridgehead atoms. The minimum absolute atomic E-state index is 0.0766. The number of amides is 2. The summed E-state index contributed by atoms with van der Waals surface area (Å²) in [6.45, 7) is 1.87. The number of hydrogen-bond acceptors (Lipinski definition) is 3. The molecule has 1 atom stereocenters. The first-order valence-electron chi connectivity index (χ1n) is 5.52. The fourth-order valence-corrected chi connectivity index (χ4v) is 2.37. The smallest absolute Gasteiger partial charge is 0.245 e. The molecular weight excluding hydrogens is 194 g/mol. The zero-order chi connectivity index (χ0) is 10.8. The van der Waals surface area contributed by atoms with Crippen LogP contribution < -0.4 is 5.73 Å². The number of piperazine rings is 1. The molecule has 0 aliphatic carbocycles. The summed E-state index contributed by atoms with van der Waals surface area (Å²) < 4.78 is 0. The van der Waals surface area contributed by atoms with E-state index in [1.165, 1.54) is 0 Å². The highest BCUT2D eigenvalue weighted by Crippen LogP contribution is 2.22. The van der Waals surface area contributed by atoms with Crippen molar-refractivity contribution in [2.75, 3.05) is 26.2 Å². The molecule has 2 N–H and O–H groups in total. The molecule has 84 valence electrons. The lowest BCUT2D eigenvalue weighted by Gasteiger charge is -2.42. The average molecular weight is 211 g/mol. The maximum Gasteiger partial charge on any atom is 0.245 e. The summed E-state index contributed by atoms with van der Waals surface area (Å²) in [7, 11) is 0. The van der Waals surface area contributed by atoms with Gasteiger partial charge >= 0.3 is 0 Å². The van der Waals surface area contributed by atoms with E-state index in [0.29, 0.717) is 13.1 Å². The Morgan fingerprint density at radius 3 is 2.87 bits per heavy atom. The van der Waals surface area contributed by atoms with Crippen molar-refractivity contribution in [2.24, 2.45) is 5.73 Å². The van der Waals surface area contributed by atoms with Crippen molar-refractivity contribution < 1.29 is 9.59 Å². The van der Waals surface area contributed by atoms with E-state index in [2.05, 4.69) is 0 Å². The van der Waals surface area contributed by atoms with E-state index in [0.717, 1.165) is 25.8 Å². The van der Waals surface area contributed by atoms with Gasteiger partial charge in [-0.2, -0.15) is 0 Å². The molecule has 0 radical (unpaired) electrons. The number of carbonyl (C=O) groups excluding carboxylic acids is 2. The van der Waals surface area contributed by atoms with Crippen molar-refractivity contribution in [3.63, 3.8) is 0 Å². The first kappa shape index (κ1) is 10.4. The second-order valence-electron chi connectivity index (χ2n) is 4.15.